The number of aliphatic hydroxyl groups is 2. The number of amides is 15. The van der Waals surface area contributed by atoms with E-state index in [1.807, 2.05) is 0 Å². The van der Waals surface area contributed by atoms with Gasteiger partial charge in [0.05, 0.1) is 26.2 Å². The van der Waals surface area contributed by atoms with Crippen LogP contribution in [0.4, 0.5) is 0 Å². The Labute approximate surface area is 555 Å². The molecular formula is C60H97N15O21. The molecular weight excluding hydrogens is 1270 g/mol. The first-order chi connectivity index (χ1) is 44.9. The molecule has 0 aliphatic carbocycles. The number of aliphatic carboxylic acids is 2. The lowest BCUT2D eigenvalue weighted by Gasteiger charge is -2.31. The number of fused-ring (bicyclic) bond motifs is 2. The van der Waals surface area contributed by atoms with Crippen LogP contribution < -0.4 is 69.5 Å². The van der Waals surface area contributed by atoms with Gasteiger partial charge < -0.3 is 99.8 Å². The molecule has 0 saturated carbocycles. The molecule has 3 fully saturated rings. The molecule has 0 bridgehead atoms. The zero-order valence-electron chi connectivity index (χ0n) is 55.8. The molecule has 36 nitrogen and oxygen atoms in total. The zero-order valence-corrected chi connectivity index (χ0v) is 55.8. The highest BCUT2D eigenvalue weighted by Gasteiger charge is 2.43. The Morgan fingerprint density at radius 1 is 0.438 bits per heavy atom. The number of rotatable bonds is 16. The largest absolute Gasteiger partial charge is 0.481 e. The molecule has 0 aromatic carbocycles. The van der Waals surface area contributed by atoms with Gasteiger partial charge in [-0.15, -0.1) is 0 Å². The second-order valence-corrected chi connectivity index (χ2v) is 25.7. The molecule has 13 atom stereocenters. The van der Waals surface area contributed by atoms with Crippen LogP contribution in [0.1, 0.15) is 140 Å². The van der Waals surface area contributed by atoms with Crippen LogP contribution in [0.3, 0.4) is 0 Å². The number of nitrogens with two attached hydrogens (primary N) is 1. The first-order valence-electron chi connectivity index (χ1n) is 32.1. The fourth-order valence-corrected chi connectivity index (χ4v) is 10.8. The summed E-state index contributed by atoms with van der Waals surface area (Å²) in [5.74, 6) is -20.1. The van der Waals surface area contributed by atoms with Crippen molar-refractivity contribution in [2.75, 3.05) is 32.8 Å². The van der Waals surface area contributed by atoms with Gasteiger partial charge in [0.25, 0.3) is 0 Å². The lowest BCUT2D eigenvalue weighted by Crippen LogP contribution is -2.61. The maximum Gasteiger partial charge on any atom is 0.305 e. The summed E-state index contributed by atoms with van der Waals surface area (Å²) >= 11 is 0. The monoisotopic (exact) mass is 1360 g/mol. The van der Waals surface area contributed by atoms with Crippen molar-refractivity contribution in [3.05, 3.63) is 0 Å². The molecule has 538 valence electrons. The van der Waals surface area contributed by atoms with Crippen molar-refractivity contribution in [2.45, 2.75) is 218 Å². The van der Waals surface area contributed by atoms with Gasteiger partial charge in [-0.05, 0) is 88.9 Å². The first kappa shape index (κ1) is 81.1. The standard InChI is InChI=1S/C60H97N15O21/c1-27(2)21-35-52(88)64-31(9)48(84)66-33(15-17-42(61)78)51(87)68-37(23-45(82)83)53(89)67-34(16-18-44(80)81)50(86)63-32(10)49(85)71-39(26-77)60(96)75-20-12-14-41(75)56(92)70-36(22-28(3)4)54(90)72-47(30(7)8)58(94)73-46(29(5)6)57(93)62-24-43(79)65-38(25-76)59(95)74-19-11-13-40(74)55(91)69-35/h27-41,46-47,76-77H,11-26H2,1-10H3,(H2,61,78)(H,62,93)(H,63,86)(H,64,88)(H,65,79)(H,66,84)(H,67,89)(H,68,87)(H,69,91)(H,70,92)(H,71,85)(H,72,90)(H,73,94)(H,80,81)(H,82,83)/t31-,32-,33-,34-,35-,36-,37-,38-,39-,40-,41-,46-,47-/m0/s1. The Morgan fingerprint density at radius 2 is 0.802 bits per heavy atom. The molecule has 3 saturated heterocycles. The number of nitrogens with zero attached hydrogens (tertiary/aromatic N) is 2. The van der Waals surface area contributed by atoms with E-state index in [1.165, 1.54) is 6.92 Å². The fourth-order valence-electron chi connectivity index (χ4n) is 10.8. The van der Waals surface area contributed by atoms with Crippen LogP contribution >= 0.6 is 0 Å². The number of carbonyl (C=O) groups is 17. The van der Waals surface area contributed by atoms with Gasteiger partial charge >= 0.3 is 11.9 Å². The number of carboxylic acids is 2. The first-order valence-corrected chi connectivity index (χ1v) is 32.1. The second kappa shape index (κ2) is 38.5. The van der Waals surface area contributed by atoms with Crippen LogP contribution in [0, 0.1) is 23.7 Å². The van der Waals surface area contributed by atoms with Crippen LogP contribution in [0.2, 0.25) is 0 Å². The number of carboxylic acid groups (broad SMARTS) is 2. The number of hydrogen-bond donors (Lipinski definition) is 17. The third-order valence-corrected chi connectivity index (χ3v) is 16.0. The van der Waals surface area contributed by atoms with Crippen LogP contribution in [0.25, 0.3) is 0 Å². The normalized spacial score (nSPS) is 28.0. The molecule has 3 rings (SSSR count). The Morgan fingerprint density at radius 3 is 1.23 bits per heavy atom. The molecule has 0 aromatic rings. The van der Waals surface area contributed by atoms with Crippen molar-refractivity contribution in [3.63, 3.8) is 0 Å². The van der Waals surface area contributed by atoms with Gasteiger partial charge in [-0.25, -0.2) is 0 Å². The van der Waals surface area contributed by atoms with E-state index in [0.717, 1.165) is 16.7 Å². The summed E-state index contributed by atoms with van der Waals surface area (Å²) < 4.78 is 0. The average molecular weight is 1360 g/mol. The van der Waals surface area contributed by atoms with E-state index in [0.29, 0.717) is 0 Å². The van der Waals surface area contributed by atoms with Gasteiger partial charge in [0, 0.05) is 25.9 Å². The Hall–Kier alpha value is -9.09. The molecule has 18 N–H and O–H groups in total. The zero-order chi connectivity index (χ0) is 72.6. The maximum absolute atomic E-state index is 14.2. The molecule has 36 heteroatoms. The van der Waals surface area contributed by atoms with E-state index in [2.05, 4.69) is 63.8 Å². The summed E-state index contributed by atoms with van der Waals surface area (Å²) in [6.45, 7) is 12.7. The summed E-state index contributed by atoms with van der Waals surface area (Å²) in [5.41, 5.74) is 5.35. The summed E-state index contributed by atoms with van der Waals surface area (Å²) in [4.78, 5) is 233. The topological polar surface area (TPSA) is 548 Å². The molecule has 0 spiro atoms. The van der Waals surface area contributed by atoms with Crippen LogP contribution in [0.5, 0.6) is 0 Å². The van der Waals surface area contributed by atoms with E-state index in [9.17, 15) is 102 Å². The number of hydrogen-bond acceptors (Lipinski definition) is 19. The SMILES string of the molecule is CC(C)C[C@@H]1NC(=O)[C@@H]2CCCN2C(=O)[C@H](CO)NC(=O)CNC(=O)[C@H](C(C)C)NC(=O)[C@H](C(C)C)NC(=O)[C@H](CC(C)C)NC(=O)[C@@H]2CCCN2C(=O)[C@H](CO)NC(=O)[C@H](C)NC(=O)[C@H](CCC(=O)O)NC(=O)[C@H](CC(=O)O)NC(=O)[C@H](CCC(N)=O)NC(=O)[C@H](C)NC1=O. The summed E-state index contributed by atoms with van der Waals surface area (Å²) in [6, 6.07) is -20.3. The van der Waals surface area contributed by atoms with E-state index in [1.54, 1.807) is 55.4 Å². The van der Waals surface area contributed by atoms with Gasteiger partial charge in [-0.1, -0.05) is 55.4 Å². The number of aliphatic hydroxyl groups excluding tert-OH is 2. The van der Waals surface area contributed by atoms with Crippen molar-refractivity contribution in [2.24, 2.45) is 29.4 Å². The number of primary amides is 1. The average Bonchev–Trinajstić information content (AvgIpc) is 1.88. The molecule has 3 aliphatic heterocycles. The molecule has 0 unspecified atom stereocenters. The van der Waals surface area contributed by atoms with E-state index < -0.39 is 243 Å². The fraction of sp³-hybridized carbons (Fsp3) is 0.717. The second-order valence-electron chi connectivity index (χ2n) is 25.7. The van der Waals surface area contributed by atoms with Crippen molar-refractivity contribution in [3.8, 4) is 0 Å². The van der Waals surface area contributed by atoms with Crippen molar-refractivity contribution in [1.82, 2.24) is 73.6 Å². The van der Waals surface area contributed by atoms with Crippen molar-refractivity contribution >= 4 is 101 Å². The predicted octanol–water partition coefficient (Wildman–Crippen LogP) is -6.54. The minimum absolute atomic E-state index is 0.0130. The van der Waals surface area contributed by atoms with Crippen LogP contribution in [0.15, 0.2) is 0 Å². The molecule has 96 heavy (non-hydrogen) atoms. The number of nitrogens with one attached hydrogen (secondary N) is 12. The minimum atomic E-state index is -2.11. The third kappa shape index (κ3) is 25.2. The van der Waals surface area contributed by atoms with Gasteiger partial charge in [0.2, 0.25) is 88.6 Å². The van der Waals surface area contributed by atoms with Crippen LogP contribution in [-0.2, 0) is 81.5 Å². The minimum Gasteiger partial charge on any atom is -0.481 e. The third-order valence-electron chi connectivity index (χ3n) is 16.0. The van der Waals surface area contributed by atoms with Crippen molar-refractivity contribution in [1.29, 1.82) is 0 Å². The Balaban J connectivity index is 2.10. The maximum atomic E-state index is 14.2. The lowest BCUT2D eigenvalue weighted by molar-refractivity contribution is -0.143. The van der Waals surface area contributed by atoms with Crippen molar-refractivity contribution < 1.29 is 102 Å². The summed E-state index contributed by atoms with van der Waals surface area (Å²) in [5, 5.41) is 69.0. The molecule has 3 aliphatic rings. The quantitative estimate of drug-likeness (QED) is 0.0683. The highest BCUT2D eigenvalue weighted by atomic mass is 16.4. The molecule has 0 aromatic heterocycles. The van der Waals surface area contributed by atoms with E-state index >= 15 is 0 Å². The van der Waals surface area contributed by atoms with E-state index in [-0.39, 0.29) is 63.5 Å². The Bertz CT molecular complexity index is 2870. The Kier molecular flexibility index (Phi) is 32.5. The lowest BCUT2D eigenvalue weighted by atomic mass is 9.98. The number of carbonyl (C=O) groups excluding carboxylic acids is 15. The highest BCUT2D eigenvalue weighted by molar-refractivity contribution is 6.01. The van der Waals surface area contributed by atoms with Gasteiger partial charge in [0.1, 0.15) is 78.5 Å². The highest BCUT2D eigenvalue weighted by Crippen LogP contribution is 2.22. The smallest absolute Gasteiger partial charge is 0.305 e. The summed E-state index contributed by atoms with van der Waals surface area (Å²) in [6.07, 6.45) is -3.30. The van der Waals surface area contributed by atoms with Gasteiger partial charge in [0.15, 0.2) is 0 Å². The molecule has 0 radical (unpaired) electrons. The van der Waals surface area contributed by atoms with E-state index in [4.69, 9.17) is 5.73 Å². The molecule has 3 heterocycles. The van der Waals surface area contributed by atoms with Crippen LogP contribution in [-0.4, -0.2) is 242 Å². The predicted molar refractivity (Wildman–Crippen MR) is 335 cm³/mol. The molecule has 15 amide bonds. The summed E-state index contributed by atoms with van der Waals surface area (Å²) in [7, 11) is 0. The van der Waals surface area contributed by atoms with Gasteiger partial charge in [-0.2, -0.15) is 0 Å². The van der Waals surface area contributed by atoms with Gasteiger partial charge in [-0.3, -0.25) is 81.5 Å².